The molecular formula is C15H19N3O3. The van der Waals surface area contributed by atoms with E-state index in [1.165, 1.54) is 0 Å². The van der Waals surface area contributed by atoms with Gasteiger partial charge in [-0.1, -0.05) is 29.8 Å². The highest BCUT2D eigenvalue weighted by atomic mass is 16.2. The molecule has 4 N–H and O–H groups in total. The molecule has 1 aromatic carbocycles. The second kappa shape index (κ2) is 6.39. The summed E-state index contributed by atoms with van der Waals surface area (Å²) >= 11 is 0. The van der Waals surface area contributed by atoms with E-state index in [2.05, 4.69) is 10.6 Å². The van der Waals surface area contributed by atoms with Gasteiger partial charge in [-0.25, -0.2) is 0 Å². The molecule has 0 saturated carbocycles. The second-order valence-corrected chi connectivity index (χ2v) is 5.31. The van der Waals surface area contributed by atoms with Crippen LogP contribution in [0.2, 0.25) is 0 Å². The lowest BCUT2D eigenvalue weighted by atomic mass is 10.0. The zero-order valence-electron chi connectivity index (χ0n) is 11.9. The van der Waals surface area contributed by atoms with E-state index in [1.54, 1.807) is 0 Å². The Morgan fingerprint density at radius 3 is 2.57 bits per heavy atom. The molecule has 6 heteroatoms. The van der Waals surface area contributed by atoms with Gasteiger partial charge in [0.1, 0.15) is 12.1 Å². The second-order valence-electron chi connectivity index (χ2n) is 5.31. The molecule has 6 nitrogen and oxygen atoms in total. The van der Waals surface area contributed by atoms with Gasteiger partial charge in [0.25, 0.3) is 0 Å². The number of primary amides is 1. The van der Waals surface area contributed by atoms with Gasteiger partial charge in [0.2, 0.25) is 17.7 Å². The molecule has 0 bridgehead atoms. The van der Waals surface area contributed by atoms with Crippen LogP contribution < -0.4 is 16.4 Å². The normalized spacial score (nSPS) is 18.9. The fourth-order valence-electron chi connectivity index (χ4n) is 2.27. The quantitative estimate of drug-likeness (QED) is 0.699. The molecule has 0 aliphatic carbocycles. The Morgan fingerprint density at radius 2 is 2.05 bits per heavy atom. The SMILES string of the molecule is Cc1ccc(C[C@@H](NC(=O)[C@H]2CCC(=O)N2)C(N)=O)cc1. The molecule has 1 heterocycles. The molecule has 1 aliphatic rings. The Morgan fingerprint density at radius 1 is 1.38 bits per heavy atom. The molecule has 1 aliphatic heterocycles. The number of carbonyl (C=O) groups excluding carboxylic acids is 3. The van der Waals surface area contributed by atoms with Gasteiger partial charge in [-0.3, -0.25) is 14.4 Å². The van der Waals surface area contributed by atoms with Crippen molar-refractivity contribution in [2.75, 3.05) is 0 Å². The first-order chi connectivity index (χ1) is 9.95. The van der Waals surface area contributed by atoms with Crippen LogP contribution in [-0.4, -0.2) is 29.8 Å². The van der Waals surface area contributed by atoms with E-state index in [0.29, 0.717) is 19.3 Å². The van der Waals surface area contributed by atoms with Gasteiger partial charge in [-0.2, -0.15) is 0 Å². The lowest BCUT2D eigenvalue weighted by Gasteiger charge is -2.18. The summed E-state index contributed by atoms with van der Waals surface area (Å²) in [4.78, 5) is 34.6. The van der Waals surface area contributed by atoms with Crippen LogP contribution in [0.15, 0.2) is 24.3 Å². The third-order valence-electron chi connectivity index (χ3n) is 3.53. The summed E-state index contributed by atoms with van der Waals surface area (Å²) in [5, 5.41) is 5.18. The van der Waals surface area contributed by atoms with Crippen LogP contribution in [0.1, 0.15) is 24.0 Å². The van der Waals surface area contributed by atoms with Gasteiger partial charge in [-0.15, -0.1) is 0 Å². The Hall–Kier alpha value is -2.37. The molecule has 2 rings (SSSR count). The van der Waals surface area contributed by atoms with Crippen LogP contribution >= 0.6 is 0 Å². The molecule has 0 spiro atoms. The van der Waals surface area contributed by atoms with Gasteiger partial charge < -0.3 is 16.4 Å². The molecule has 3 amide bonds. The van der Waals surface area contributed by atoms with Crippen molar-refractivity contribution in [1.29, 1.82) is 0 Å². The summed E-state index contributed by atoms with van der Waals surface area (Å²) in [6, 6.07) is 6.32. The molecule has 1 aromatic rings. The largest absolute Gasteiger partial charge is 0.368 e. The fraction of sp³-hybridized carbons (Fsp3) is 0.400. The smallest absolute Gasteiger partial charge is 0.243 e. The Bertz CT molecular complexity index is 554. The lowest BCUT2D eigenvalue weighted by molar-refractivity contribution is -0.129. The Kier molecular flexibility index (Phi) is 4.57. The Balaban J connectivity index is 1.99. The van der Waals surface area contributed by atoms with Crippen molar-refractivity contribution in [3.63, 3.8) is 0 Å². The van der Waals surface area contributed by atoms with E-state index in [9.17, 15) is 14.4 Å². The van der Waals surface area contributed by atoms with Gasteiger partial charge in [0.15, 0.2) is 0 Å². The van der Waals surface area contributed by atoms with Crippen LogP contribution in [0.3, 0.4) is 0 Å². The highest BCUT2D eigenvalue weighted by Crippen LogP contribution is 2.09. The number of rotatable bonds is 5. The minimum atomic E-state index is -0.780. The molecule has 0 unspecified atom stereocenters. The van der Waals surface area contributed by atoms with Crippen molar-refractivity contribution in [2.45, 2.75) is 38.3 Å². The average Bonchev–Trinajstić information content (AvgIpc) is 2.87. The number of amides is 3. The van der Waals surface area contributed by atoms with Gasteiger partial charge in [-0.05, 0) is 18.9 Å². The molecule has 2 atom stereocenters. The van der Waals surface area contributed by atoms with Gasteiger partial charge in [0.05, 0.1) is 0 Å². The van der Waals surface area contributed by atoms with Crippen molar-refractivity contribution in [2.24, 2.45) is 5.73 Å². The number of aryl methyl sites for hydroxylation is 1. The molecule has 21 heavy (non-hydrogen) atoms. The van der Waals surface area contributed by atoms with Gasteiger partial charge in [0, 0.05) is 12.8 Å². The minimum absolute atomic E-state index is 0.149. The zero-order chi connectivity index (χ0) is 15.4. The number of hydrogen-bond acceptors (Lipinski definition) is 3. The van der Waals surface area contributed by atoms with Crippen LogP contribution in [0.25, 0.3) is 0 Å². The first-order valence-corrected chi connectivity index (χ1v) is 6.90. The predicted octanol–water partition coefficient (Wildman–Crippen LogP) is -0.214. The predicted molar refractivity (Wildman–Crippen MR) is 77.2 cm³/mol. The summed E-state index contributed by atoms with van der Waals surface area (Å²) in [5.74, 6) is -1.10. The number of nitrogens with two attached hydrogens (primary N) is 1. The maximum absolute atomic E-state index is 12.0. The third-order valence-corrected chi connectivity index (χ3v) is 3.53. The standard InChI is InChI=1S/C15H19N3O3/c1-9-2-4-10(5-3-9)8-12(14(16)20)18-15(21)11-6-7-13(19)17-11/h2-5,11-12H,6-8H2,1H3,(H2,16,20)(H,17,19)(H,18,21)/t11-,12-/m1/s1. The molecule has 0 radical (unpaired) electrons. The maximum atomic E-state index is 12.0. The van der Waals surface area contributed by atoms with E-state index in [0.717, 1.165) is 11.1 Å². The number of carbonyl (C=O) groups is 3. The first-order valence-electron chi connectivity index (χ1n) is 6.90. The lowest BCUT2D eigenvalue weighted by Crippen LogP contribution is -2.51. The Labute approximate surface area is 123 Å². The molecule has 0 aromatic heterocycles. The fourth-order valence-corrected chi connectivity index (χ4v) is 2.27. The van der Waals surface area contributed by atoms with Gasteiger partial charge >= 0.3 is 0 Å². The first kappa shape index (κ1) is 15.0. The summed E-state index contributed by atoms with van der Waals surface area (Å²) in [6.45, 7) is 1.97. The minimum Gasteiger partial charge on any atom is -0.368 e. The topological polar surface area (TPSA) is 101 Å². The van der Waals surface area contributed by atoms with Crippen LogP contribution in [0, 0.1) is 6.92 Å². The van der Waals surface area contributed by atoms with Crippen molar-refractivity contribution in [3.8, 4) is 0 Å². The van der Waals surface area contributed by atoms with Crippen molar-refractivity contribution in [3.05, 3.63) is 35.4 Å². The summed E-state index contributed by atoms with van der Waals surface area (Å²) in [5.41, 5.74) is 7.38. The summed E-state index contributed by atoms with van der Waals surface area (Å²) in [6.07, 6.45) is 1.11. The summed E-state index contributed by atoms with van der Waals surface area (Å²) < 4.78 is 0. The molecule has 1 saturated heterocycles. The molecule has 1 fully saturated rings. The van der Waals surface area contributed by atoms with Crippen LogP contribution in [-0.2, 0) is 20.8 Å². The number of nitrogens with one attached hydrogen (secondary N) is 2. The van der Waals surface area contributed by atoms with E-state index in [4.69, 9.17) is 5.73 Å². The highest BCUT2D eigenvalue weighted by Gasteiger charge is 2.29. The van der Waals surface area contributed by atoms with E-state index in [-0.39, 0.29) is 11.8 Å². The number of benzene rings is 1. The maximum Gasteiger partial charge on any atom is 0.243 e. The zero-order valence-corrected chi connectivity index (χ0v) is 11.9. The van der Waals surface area contributed by atoms with Crippen LogP contribution in [0.4, 0.5) is 0 Å². The molecular weight excluding hydrogens is 270 g/mol. The van der Waals surface area contributed by atoms with E-state index in [1.807, 2.05) is 31.2 Å². The summed E-state index contributed by atoms with van der Waals surface area (Å²) in [7, 11) is 0. The van der Waals surface area contributed by atoms with Crippen molar-refractivity contribution >= 4 is 17.7 Å². The highest BCUT2D eigenvalue weighted by molar-refractivity contribution is 5.93. The van der Waals surface area contributed by atoms with Crippen LogP contribution in [0.5, 0.6) is 0 Å². The average molecular weight is 289 g/mol. The van der Waals surface area contributed by atoms with Crippen molar-refractivity contribution in [1.82, 2.24) is 10.6 Å². The van der Waals surface area contributed by atoms with E-state index < -0.39 is 18.0 Å². The van der Waals surface area contributed by atoms with Crippen molar-refractivity contribution < 1.29 is 14.4 Å². The molecule has 112 valence electrons. The van der Waals surface area contributed by atoms with E-state index >= 15 is 0 Å². The number of hydrogen-bond donors (Lipinski definition) is 3. The monoisotopic (exact) mass is 289 g/mol. The third kappa shape index (κ3) is 4.05.